The molecule has 0 saturated carbocycles. The van der Waals surface area contributed by atoms with Gasteiger partial charge in [0.05, 0.1) is 19.3 Å². The van der Waals surface area contributed by atoms with Crippen LogP contribution in [0.5, 0.6) is 0 Å². The molecule has 2 aromatic carbocycles. The minimum atomic E-state index is 0.219. The Morgan fingerprint density at radius 1 is 0.862 bits per heavy atom. The van der Waals surface area contributed by atoms with Gasteiger partial charge in [-0.1, -0.05) is 59.8 Å². The first-order valence-electron chi connectivity index (χ1n) is 10.4. The summed E-state index contributed by atoms with van der Waals surface area (Å²) in [5, 5.41) is 4.24. The lowest BCUT2D eigenvalue weighted by Gasteiger charge is -2.38. The quantitative estimate of drug-likeness (QED) is 0.642. The van der Waals surface area contributed by atoms with E-state index in [0.717, 1.165) is 63.8 Å². The Kier molecular flexibility index (Phi) is 5.39. The number of hydrogen-bond acceptors (Lipinski definition) is 6. The van der Waals surface area contributed by atoms with E-state index in [1.165, 1.54) is 11.1 Å². The third-order valence-corrected chi connectivity index (χ3v) is 5.81. The fourth-order valence-corrected chi connectivity index (χ4v) is 3.99. The van der Waals surface area contributed by atoms with E-state index in [4.69, 9.17) is 14.2 Å². The van der Waals surface area contributed by atoms with Gasteiger partial charge in [0.2, 0.25) is 11.7 Å². The van der Waals surface area contributed by atoms with Crippen molar-refractivity contribution in [1.82, 2.24) is 19.9 Å². The molecule has 1 aromatic heterocycles. The van der Waals surface area contributed by atoms with Gasteiger partial charge in [-0.3, -0.25) is 9.80 Å². The molecule has 0 aliphatic carbocycles. The molecule has 2 saturated heterocycles. The predicted octanol–water partition coefficient (Wildman–Crippen LogP) is 3.52. The molecule has 3 aromatic rings. The number of aromatic nitrogens is 2. The highest BCUT2D eigenvalue weighted by atomic mass is 16.5. The van der Waals surface area contributed by atoms with Gasteiger partial charge in [-0.2, -0.15) is 4.98 Å². The Morgan fingerprint density at radius 3 is 2.34 bits per heavy atom. The van der Waals surface area contributed by atoms with Crippen LogP contribution in [0, 0.1) is 0 Å². The number of ether oxygens (including phenoxy) is 1. The summed E-state index contributed by atoms with van der Waals surface area (Å²) in [5.41, 5.74) is 3.61. The Balaban J connectivity index is 1.23. The number of rotatable bonds is 6. The molecule has 29 heavy (non-hydrogen) atoms. The van der Waals surface area contributed by atoms with Gasteiger partial charge < -0.3 is 9.26 Å². The normalized spacial score (nSPS) is 20.5. The van der Waals surface area contributed by atoms with E-state index in [1.807, 2.05) is 6.07 Å². The summed E-state index contributed by atoms with van der Waals surface area (Å²) >= 11 is 0. The van der Waals surface area contributed by atoms with Gasteiger partial charge in [-0.05, 0) is 17.5 Å². The fourth-order valence-electron chi connectivity index (χ4n) is 3.99. The zero-order chi connectivity index (χ0) is 19.5. The Labute approximate surface area is 171 Å². The summed E-state index contributed by atoms with van der Waals surface area (Å²) in [5.74, 6) is 1.39. The van der Waals surface area contributed by atoms with Crippen LogP contribution in [0.25, 0.3) is 11.4 Å². The summed E-state index contributed by atoms with van der Waals surface area (Å²) in [7, 11) is 0. The topological polar surface area (TPSA) is 54.6 Å². The van der Waals surface area contributed by atoms with Crippen molar-refractivity contribution in [3.05, 3.63) is 71.6 Å². The SMILES string of the molecule is c1ccc(CN2CCC2c2nc(-c3ccc(CN4CCOCC4)cc3)no2)cc1. The second-order valence-corrected chi connectivity index (χ2v) is 7.80. The van der Waals surface area contributed by atoms with E-state index in [9.17, 15) is 0 Å². The highest BCUT2D eigenvalue weighted by Crippen LogP contribution is 2.34. The molecule has 1 atom stereocenters. The lowest BCUT2D eigenvalue weighted by atomic mass is 10.0. The summed E-state index contributed by atoms with van der Waals surface area (Å²) in [6, 6.07) is 19.2. The summed E-state index contributed by atoms with van der Waals surface area (Å²) in [4.78, 5) is 9.50. The molecular formula is C23H26N4O2. The largest absolute Gasteiger partial charge is 0.379 e. The fraction of sp³-hybridized carbons (Fsp3) is 0.391. The molecule has 150 valence electrons. The van der Waals surface area contributed by atoms with Crippen molar-refractivity contribution in [2.75, 3.05) is 32.8 Å². The van der Waals surface area contributed by atoms with Crippen molar-refractivity contribution in [2.24, 2.45) is 0 Å². The number of hydrogen-bond donors (Lipinski definition) is 0. The summed E-state index contributed by atoms with van der Waals surface area (Å²) in [6.45, 7) is 6.58. The average Bonchev–Trinajstić information content (AvgIpc) is 3.22. The first-order chi connectivity index (χ1) is 14.3. The lowest BCUT2D eigenvalue weighted by molar-refractivity contribution is 0.0342. The third kappa shape index (κ3) is 4.24. The molecule has 1 unspecified atom stereocenters. The highest BCUT2D eigenvalue weighted by Gasteiger charge is 2.34. The van der Waals surface area contributed by atoms with Crippen LogP contribution in [0.2, 0.25) is 0 Å². The standard InChI is InChI=1S/C23H26N4O2/c1-2-4-18(5-3-1)17-27-11-10-21(27)23-24-22(25-29-23)20-8-6-19(7-9-20)16-26-12-14-28-15-13-26/h1-9,21H,10-17H2. The Bertz CT molecular complexity index is 920. The zero-order valence-corrected chi connectivity index (χ0v) is 16.5. The molecule has 0 radical (unpaired) electrons. The van der Waals surface area contributed by atoms with E-state index in [-0.39, 0.29) is 6.04 Å². The number of likely N-dealkylation sites (tertiary alicyclic amines) is 1. The predicted molar refractivity (Wildman–Crippen MR) is 110 cm³/mol. The molecule has 6 nitrogen and oxygen atoms in total. The van der Waals surface area contributed by atoms with Crippen LogP contribution in [0.3, 0.4) is 0 Å². The van der Waals surface area contributed by atoms with Crippen molar-refractivity contribution in [2.45, 2.75) is 25.6 Å². The van der Waals surface area contributed by atoms with E-state index in [2.05, 4.69) is 63.5 Å². The molecule has 2 aliphatic heterocycles. The van der Waals surface area contributed by atoms with Gasteiger partial charge in [0.15, 0.2) is 0 Å². The van der Waals surface area contributed by atoms with Crippen LogP contribution in [0.4, 0.5) is 0 Å². The molecule has 3 heterocycles. The van der Waals surface area contributed by atoms with Gasteiger partial charge in [-0.25, -0.2) is 0 Å². The lowest BCUT2D eigenvalue weighted by Crippen LogP contribution is -2.40. The summed E-state index contributed by atoms with van der Waals surface area (Å²) < 4.78 is 11.0. The monoisotopic (exact) mass is 390 g/mol. The molecule has 0 spiro atoms. The molecule has 0 amide bonds. The smallest absolute Gasteiger partial charge is 0.244 e. The molecule has 2 fully saturated rings. The summed E-state index contributed by atoms with van der Waals surface area (Å²) in [6.07, 6.45) is 1.06. The average molecular weight is 390 g/mol. The molecule has 0 bridgehead atoms. The maximum atomic E-state index is 5.62. The van der Waals surface area contributed by atoms with Crippen molar-refractivity contribution in [3.8, 4) is 11.4 Å². The maximum Gasteiger partial charge on any atom is 0.244 e. The highest BCUT2D eigenvalue weighted by molar-refractivity contribution is 5.54. The minimum absolute atomic E-state index is 0.219. The van der Waals surface area contributed by atoms with Gasteiger partial charge in [0.25, 0.3) is 0 Å². The molecule has 6 heteroatoms. The van der Waals surface area contributed by atoms with Crippen LogP contribution in [-0.2, 0) is 17.8 Å². The van der Waals surface area contributed by atoms with Gasteiger partial charge in [0.1, 0.15) is 0 Å². The number of nitrogens with zero attached hydrogens (tertiary/aromatic N) is 4. The van der Waals surface area contributed by atoms with Crippen LogP contribution < -0.4 is 0 Å². The molecule has 0 N–H and O–H groups in total. The van der Waals surface area contributed by atoms with Crippen LogP contribution in [-0.4, -0.2) is 52.8 Å². The molecule has 2 aliphatic rings. The van der Waals surface area contributed by atoms with Gasteiger partial charge >= 0.3 is 0 Å². The van der Waals surface area contributed by atoms with Gasteiger partial charge in [0, 0.05) is 38.3 Å². The van der Waals surface area contributed by atoms with Crippen molar-refractivity contribution >= 4 is 0 Å². The molecule has 5 rings (SSSR count). The third-order valence-electron chi connectivity index (χ3n) is 5.81. The Morgan fingerprint density at radius 2 is 1.62 bits per heavy atom. The van der Waals surface area contributed by atoms with E-state index in [0.29, 0.717) is 5.82 Å². The van der Waals surface area contributed by atoms with E-state index < -0.39 is 0 Å². The van der Waals surface area contributed by atoms with Crippen molar-refractivity contribution < 1.29 is 9.26 Å². The molecular weight excluding hydrogens is 364 g/mol. The second kappa shape index (κ2) is 8.45. The van der Waals surface area contributed by atoms with Crippen molar-refractivity contribution in [1.29, 1.82) is 0 Å². The van der Waals surface area contributed by atoms with Crippen LogP contribution in [0.15, 0.2) is 59.1 Å². The zero-order valence-electron chi connectivity index (χ0n) is 16.5. The second-order valence-electron chi connectivity index (χ2n) is 7.80. The van der Waals surface area contributed by atoms with E-state index >= 15 is 0 Å². The van der Waals surface area contributed by atoms with Crippen LogP contribution in [0.1, 0.15) is 29.5 Å². The maximum absolute atomic E-state index is 5.62. The van der Waals surface area contributed by atoms with Gasteiger partial charge in [-0.15, -0.1) is 0 Å². The number of benzene rings is 2. The number of morpholine rings is 1. The van der Waals surface area contributed by atoms with Crippen molar-refractivity contribution in [3.63, 3.8) is 0 Å². The first-order valence-corrected chi connectivity index (χ1v) is 10.4. The first kappa shape index (κ1) is 18.5. The van der Waals surface area contributed by atoms with Crippen LogP contribution >= 0.6 is 0 Å². The minimum Gasteiger partial charge on any atom is -0.379 e. The Hall–Kier alpha value is -2.54. The van der Waals surface area contributed by atoms with E-state index in [1.54, 1.807) is 0 Å².